The maximum atomic E-state index is 12.1. The molecule has 1 unspecified atom stereocenters. The van der Waals surface area contributed by atoms with E-state index in [0.29, 0.717) is 24.7 Å². The number of nitriles is 1. The fraction of sp³-hybridized carbons (Fsp3) is 0.500. The minimum atomic E-state index is -3.40. The third kappa shape index (κ3) is 4.04. The molecule has 1 aromatic carbocycles. The number of hydrogen-bond acceptors (Lipinski definition) is 5. The van der Waals surface area contributed by atoms with Gasteiger partial charge in [-0.2, -0.15) is 5.26 Å². The number of nitrogens with zero attached hydrogens (tertiary/aromatic N) is 1. The average Bonchev–Trinajstić information content (AvgIpc) is 2.97. The van der Waals surface area contributed by atoms with Crippen molar-refractivity contribution in [2.24, 2.45) is 5.92 Å². The lowest BCUT2D eigenvalue weighted by Crippen LogP contribution is -2.16. The molecular weight excluding hydrogens is 278 g/mol. The number of hydrogen-bond donors (Lipinski definition) is 0. The van der Waals surface area contributed by atoms with Crippen LogP contribution >= 0.6 is 0 Å². The molecule has 1 atom stereocenters. The van der Waals surface area contributed by atoms with E-state index in [1.165, 1.54) is 12.1 Å². The molecule has 1 saturated heterocycles. The van der Waals surface area contributed by atoms with E-state index in [1.54, 1.807) is 12.1 Å². The summed E-state index contributed by atoms with van der Waals surface area (Å²) in [6.07, 6.45) is 0.969. The van der Waals surface area contributed by atoms with E-state index >= 15 is 0 Å². The molecule has 1 aliphatic rings. The first-order valence-electron chi connectivity index (χ1n) is 6.50. The second kappa shape index (κ2) is 6.84. The molecule has 6 heteroatoms. The predicted molar refractivity (Wildman–Crippen MR) is 73.0 cm³/mol. The van der Waals surface area contributed by atoms with E-state index in [0.717, 1.165) is 13.0 Å². The Kier molecular flexibility index (Phi) is 5.12. The van der Waals surface area contributed by atoms with Crippen molar-refractivity contribution < 1.29 is 17.9 Å². The summed E-state index contributed by atoms with van der Waals surface area (Å²) in [6, 6.07) is 7.97. The van der Waals surface area contributed by atoms with Crippen molar-refractivity contribution in [2.45, 2.75) is 11.3 Å². The summed E-state index contributed by atoms with van der Waals surface area (Å²) in [5.41, 5.74) is 0.343. The van der Waals surface area contributed by atoms with Gasteiger partial charge in [0, 0.05) is 12.5 Å². The van der Waals surface area contributed by atoms with E-state index in [9.17, 15) is 8.42 Å². The molecule has 0 N–H and O–H groups in total. The first-order chi connectivity index (χ1) is 9.62. The van der Waals surface area contributed by atoms with Crippen LogP contribution < -0.4 is 0 Å². The Balaban J connectivity index is 1.85. The minimum Gasteiger partial charge on any atom is -0.381 e. The van der Waals surface area contributed by atoms with Crippen molar-refractivity contribution in [3.63, 3.8) is 0 Å². The Hall–Kier alpha value is -1.42. The molecule has 1 fully saturated rings. The van der Waals surface area contributed by atoms with Crippen LogP contribution in [0.4, 0.5) is 0 Å². The SMILES string of the molecule is N#Cc1cccc(S(=O)(=O)CCOCC2CCOC2)c1. The van der Waals surface area contributed by atoms with Gasteiger partial charge in [0.2, 0.25) is 0 Å². The van der Waals surface area contributed by atoms with Crippen LogP contribution in [-0.4, -0.2) is 40.6 Å². The van der Waals surface area contributed by atoms with E-state index in [-0.39, 0.29) is 17.3 Å². The highest BCUT2D eigenvalue weighted by Crippen LogP contribution is 2.14. The van der Waals surface area contributed by atoms with E-state index in [4.69, 9.17) is 14.7 Å². The number of sulfone groups is 1. The molecule has 0 aliphatic carbocycles. The summed E-state index contributed by atoms with van der Waals surface area (Å²) < 4.78 is 34.8. The predicted octanol–water partition coefficient (Wildman–Crippen LogP) is 1.39. The largest absolute Gasteiger partial charge is 0.381 e. The molecule has 5 nitrogen and oxygen atoms in total. The molecular formula is C14H17NO4S. The Morgan fingerprint density at radius 1 is 1.45 bits per heavy atom. The van der Waals surface area contributed by atoms with Gasteiger partial charge in [-0.05, 0) is 24.6 Å². The zero-order chi connectivity index (χ0) is 14.4. The fourth-order valence-corrected chi connectivity index (χ4v) is 3.18. The molecule has 0 saturated carbocycles. The van der Waals surface area contributed by atoms with E-state index in [1.807, 2.05) is 6.07 Å². The lowest BCUT2D eigenvalue weighted by atomic mass is 10.1. The Labute approximate surface area is 119 Å². The molecule has 0 bridgehead atoms. The number of benzene rings is 1. The zero-order valence-electron chi connectivity index (χ0n) is 11.1. The molecule has 1 aromatic rings. The summed E-state index contributed by atoms with van der Waals surface area (Å²) in [4.78, 5) is 0.171. The third-order valence-electron chi connectivity index (χ3n) is 3.20. The smallest absolute Gasteiger partial charge is 0.180 e. The molecule has 20 heavy (non-hydrogen) atoms. The van der Waals surface area contributed by atoms with Crippen molar-refractivity contribution in [1.29, 1.82) is 5.26 Å². The van der Waals surface area contributed by atoms with Crippen LogP contribution in [0.2, 0.25) is 0 Å². The highest BCUT2D eigenvalue weighted by Gasteiger charge is 2.18. The summed E-state index contributed by atoms with van der Waals surface area (Å²) in [7, 11) is -3.40. The lowest BCUT2D eigenvalue weighted by Gasteiger charge is -2.09. The molecule has 0 aromatic heterocycles. The van der Waals surface area contributed by atoms with Gasteiger partial charge in [-0.3, -0.25) is 0 Å². The summed E-state index contributed by atoms with van der Waals surface area (Å²) >= 11 is 0. The van der Waals surface area contributed by atoms with Gasteiger partial charge in [-0.25, -0.2) is 8.42 Å². The Morgan fingerprint density at radius 3 is 3.00 bits per heavy atom. The van der Waals surface area contributed by atoms with Gasteiger partial charge in [-0.1, -0.05) is 6.07 Å². The second-order valence-electron chi connectivity index (χ2n) is 4.76. The molecule has 0 spiro atoms. The van der Waals surface area contributed by atoms with Gasteiger partial charge in [0.05, 0.1) is 42.1 Å². The third-order valence-corrected chi connectivity index (χ3v) is 4.87. The van der Waals surface area contributed by atoms with Crippen molar-refractivity contribution in [1.82, 2.24) is 0 Å². The molecule has 1 heterocycles. The quantitative estimate of drug-likeness (QED) is 0.741. The Bertz CT molecular complexity index is 585. The lowest BCUT2D eigenvalue weighted by molar-refractivity contribution is 0.0997. The molecule has 1 aliphatic heterocycles. The highest BCUT2D eigenvalue weighted by atomic mass is 32.2. The maximum Gasteiger partial charge on any atom is 0.180 e. The normalized spacial score (nSPS) is 18.9. The van der Waals surface area contributed by atoms with Gasteiger partial charge in [-0.15, -0.1) is 0 Å². The van der Waals surface area contributed by atoms with Crippen molar-refractivity contribution in [2.75, 3.05) is 32.2 Å². The summed E-state index contributed by atoms with van der Waals surface area (Å²) in [5.74, 6) is 0.301. The molecule has 0 amide bonds. The Morgan fingerprint density at radius 2 is 2.30 bits per heavy atom. The second-order valence-corrected chi connectivity index (χ2v) is 6.87. The average molecular weight is 295 g/mol. The first-order valence-corrected chi connectivity index (χ1v) is 8.15. The summed E-state index contributed by atoms with van der Waals surface area (Å²) in [6.45, 7) is 2.15. The van der Waals surface area contributed by atoms with Gasteiger partial charge in [0.15, 0.2) is 9.84 Å². The van der Waals surface area contributed by atoms with Gasteiger partial charge >= 0.3 is 0 Å². The zero-order valence-corrected chi connectivity index (χ0v) is 11.9. The minimum absolute atomic E-state index is 0.0739. The monoisotopic (exact) mass is 295 g/mol. The van der Waals surface area contributed by atoms with E-state index in [2.05, 4.69) is 0 Å². The van der Waals surface area contributed by atoms with Crippen LogP contribution in [-0.2, 0) is 19.3 Å². The fourth-order valence-electron chi connectivity index (χ4n) is 2.01. The van der Waals surface area contributed by atoms with Crippen molar-refractivity contribution in [3.05, 3.63) is 29.8 Å². The summed E-state index contributed by atoms with van der Waals surface area (Å²) in [5, 5.41) is 8.78. The van der Waals surface area contributed by atoms with Crippen LogP contribution in [0.25, 0.3) is 0 Å². The molecule has 2 rings (SSSR count). The van der Waals surface area contributed by atoms with Gasteiger partial charge < -0.3 is 9.47 Å². The van der Waals surface area contributed by atoms with Gasteiger partial charge in [0.1, 0.15) is 0 Å². The van der Waals surface area contributed by atoms with Crippen LogP contribution in [0.3, 0.4) is 0 Å². The van der Waals surface area contributed by atoms with Crippen LogP contribution in [0.5, 0.6) is 0 Å². The highest BCUT2D eigenvalue weighted by molar-refractivity contribution is 7.91. The molecule has 108 valence electrons. The standard InChI is InChI=1S/C14H17NO4S/c15-9-12-2-1-3-14(8-12)20(16,17)7-6-19-11-13-4-5-18-10-13/h1-3,8,13H,4-7,10-11H2. The number of ether oxygens (including phenoxy) is 2. The van der Waals surface area contributed by atoms with E-state index < -0.39 is 9.84 Å². The first kappa shape index (κ1) is 15.0. The van der Waals surface area contributed by atoms with Crippen molar-refractivity contribution >= 4 is 9.84 Å². The maximum absolute atomic E-state index is 12.1. The van der Waals surface area contributed by atoms with Gasteiger partial charge in [0.25, 0.3) is 0 Å². The molecule has 0 radical (unpaired) electrons. The van der Waals surface area contributed by atoms with Crippen molar-refractivity contribution in [3.8, 4) is 6.07 Å². The number of rotatable bonds is 6. The topological polar surface area (TPSA) is 76.4 Å². The van der Waals surface area contributed by atoms with Crippen LogP contribution in [0, 0.1) is 17.2 Å². The van der Waals surface area contributed by atoms with Crippen LogP contribution in [0.1, 0.15) is 12.0 Å². The van der Waals surface area contributed by atoms with Crippen LogP contribution in [0.15, 0.2) is 29.2 Å².